The molecule has 3 rings (SSSR count). The maximum Gasteiger partial charge on any atom is 0.410 e. The molecule has 2 aromatic rings. The third kappa shape index (κ3) is 4.15. The van der Waals surface area contributed by atoms with Crippen LogP contribution in [0.4, 0.5) is 4.79 Å². The van der Waals surface area contributed by atoms with Crippen LogP contribution in [0.25, 0.3) is 5.69 Å². The van der Waals surface area contributed by atoms with Gasteiger partial charge in [-0.3, -0.25) is 0 Å². The maximum atomic E-state index is 12.2. The van der Waals surface area contributed by atoms with Crippen LogP contribution in [0.2, 0.25) is 0 Å². The Bertz CT molecular complexity index is 741. The Hall–Kier alpha value is -2.57. The molecule has 0 unspecified atom stereocenters. The highest BCUT2D eigenvalue weighted by molar-refractivity contribution is 5.68. The molecule has 7 nitrogen and oxygen atoms in total. The molecule has 0 N–H and O–H groups in total. The lowest BCUT2D eigenvalue weighted by Crippen LogP contribution is -2.41. The predicted molar refractivity (Wildman–Crippen MR) is 97.7 cm³/mol. The Kier molecular flexibility index (Phi) is 5.15. The van der Waals surface area contributed by atoms with E-state index in [9.17, 15) is 4.79 Å². The smallest absolute Gasteiger partial charge is 0.410 e. The summed E-state index contributed by atoms with van der Waals surface area (Å²) in [4.78, 5) is 14.0. The fourth-order valence-corrected chi connectivity index (χ4v) is 3.13. The van der Waals surface area contributed by atoms with E-state index in [2.05, 4.69) is 10.3 Å². The lowest BCUT2D eigenvalue weighted by Gasteiger charge is -2.33. The largest absolute Gasteiger partial charge is 0.497 e. The highest BCUT2D eigenvalue weighted by Gasteiger charge is 2.29. The second-order valence-electron chi connectivity index (χ2n) is 7.51. The van der Waals surface area contributed by atoms with Crippen molar-refractivity contribution < 1.29 is 14.3 Å². The van der Waals surface area contributed by atoms with Crippen LogP contribution in [0.3, 0.4) is 0 Å². The zero-order chi connectivity index (χ0) is 18.7. The van der Waals surface area contributed by atoms with Crippen LogP contribution in [0.1, 0.15) is 45.2 Å². The van der Waals surface area contributed by atoms with Gasteiger partial charge in [-0.1, -0.05) is 5.21 Å². The molecule has 0 radical (unpaired) electrons. The van der Waals surface area contributed by atoms with Crippen LogP contribution in [0, 0.1) is 0 Å². The standard InChI is InChI=1S/C19H26N4O3/c1-19(2,3)26-18(24)22-11-9-14(10-12-22)17-13-20-21-23(17)15-5-7-16(25-4)8-6-15/h5-8,13-14H,9-12H2,1-4H3. The van der Waals surface area contributed by atoms with Crippen molar-refractivity contribution in [3.8, 4) is 11.4 Å². The molecule has 26 heavy (non-hydrogen) atoms. The number of aromatic nitrogens is 3. The van der Waals surface area contributed by atoms with Gasteiger partial charge in [-0.15, -0.1) is 5.10 Å². The number of rotatable bonds is 3. The summed E-state index contributed by atoms with van der Waals surface area (Å²) in [5.41, 5.74) is 1.55. The summed E-state index contributed by atoms with van der Waals surface area (Å²) in [5.74, 6) is 1.12. The summed E-state index contributed by atoms with van der Waals surface area (Å²) in [6, 6.07) is 7.75. The number of hydrogen-bond donors (Lipinski definition) is 0. The molecule has 1 saturated heterocycles. The zero-order valence-electron chi connectivity index (χ0n) is 15.8. The molecule has 1 aromatic heterocycles. The average Bonchev–Trinajstić information content (AvgIpc) is 3.10. The van der Waals surface area contributed by atoms with Crippen LogP contribution in [-0.2, 0) is 4.74 Å². The Morgan fingerprint density at radius 3 is 2.38 bits per heavy atom. The number of piperidine rings is 1. The lowest BCUT2D eigenvalue weighted by atomic mass is 9.94. The van der Waals surface area contributed by atoms with Gasteiger partial charge < -0.3 is 14.4 Å². The molecule has 1 amide bonds. The van der Waals surface area contributed by atoms with Crippen molar-refractivity contribution in [1.82, 2.24) is 19.9 Å². The quantitative estimate of drug-likeness (QED) is 0.841. The van der Waals surface area contributed by atoms with Crippen molar-refractivity contribution in [2.75, 3.05) is 20.2 Å². The number of methoxy groups -OCH3 is 1. The van der Waals surface area contributed by atoms with Crippen molar-refractivity contribution in [2.24, 2.45) is 0 Å². The van der Waals surface area contributed by atoms with E-state index in [0.717, 1.165) is 30.0 Å². The van der Waals surface area contributed by atoms with E-state index >= 15 is 0 Å². The number of hydrogen-bond acceptors (Lipinski definition) is 5. The maximum absolute atomic E-state index is 12.2. The fraction of sp³-hybridized carbons (Fsp3) is 0.526. The van der Waals surface area contributed by atoms with Crippen LogP contribution in [0.5, 0.6) is 5.75 Å². The van der Waals surface area contributed by atoms with Crippen molar-refractivity contribution in [3.05, 3.63) is 36.2 Å². The van der Waals surface area contributed by atoms with Crippen molar-refractivity contribution >= 4 is 6.09 Å². The predicted octanol–water partition coefficient (Wildman–Crippen LogP) is 3.39. The number of carbonyl (C=O) groups is 1. The lowest BCUT2D eigenvalue weighted by molar-refractivity contribution is 0.0203. The number of likely N-dealkylation sites (tertiary alicyclic amines) is 1. The summed E-state index contributed by atoms with van der Waals surface area (Å²) in [5, 5.41) is 8.34. The number of benzene rings is 1. The van der Waals surface area contributed by atoms with Crippen LogP contribution in [-0.4, -0.2) is 51.8 Å². The van der Waals surface area contributed by atoms with Crippen LogP contribution in [0.15, 0.2) is 30.5 Å². The molecule has 1 aliphatic heterocycles. The molecule has 140 valence electrons. The SMILES string of the molecule is COc1ccc(-n2nncc2C2CCN(C(=O)OC(C)(C)C)CC2)cc1. The minimum absolute atomic E-state index is 0.238. The second kappa shape index (κ2) is 7.35. The van der Waals surface area contributed by atoms with E-state index in [1.807, 2.05) is 55.9 Å². The fourth-order valence-electron chi connectivity index (χ4n) is 3.13. The minimum atomic E-state index is -0.467. The molecule has 1 aromatic carbocycles. The molecule has 0 spiro atoms. The topological polar surface area (TPSA) is 69.5 Å². The second-order valence-corrected chi connectivity index (χ2v) is 7.51. The highest BCUT2D eigenvalue weighted by atomic mass is 16.6. The molecule has 1 fully saturated rings. The van der Waals surface area contributed by atoms with Gasteiger partial charge in [0.05, 0.1) is 24.7 Å². The van der Waals surface area contributed by atoms with Gasteiger partial charge in [0, 0.05) is 19.0 Å². The summed E-state index contributed by atoms with van der Waals surface area (Å²) in [6.07, 6.45) is 3.31. The third-order valence-electron chi connectivity index (χ3n) is 4.46. The van der Waals surface area contributed by atoms with Crippen molar-refractivity contribution in [1.29, 1.82) is 0 Å². The van der Waals surface area contributed by atoms with Gasteiger partial charge in [0.15, 0.2) is 0 Å². The van der Waals surface area contributed by atoms with E-state index < -0.39 is 5.60 Å². The summed E-state index contributed by atoms with van der Waals surface area (Å²) in [6.45, 7) is 7.00. The molecule has 7 heteroatoms. The molecule has 0 atom stereocenters. The molecule has 0 saturated carbocycles. The van der Waals surface area contributed by atoms with Crippen molar-refractivity contribution in [3.63, 3.8) is 0 Å². The molecular formula is C19H26N4O3. The Morgan fingerprint density at radius 2 is 1.81 bits per heavy atom. The molecule has 0 bridgehead atoms. The van der Waals surface area contributed by atoms with Crippen LogP contribution >= 0.6 is 0 Å². The van der Waals surface area contributed by atoms with E-state index in [1.54, 1.807) is 12.0 Å². The molecule has 2 heterocycles. The summed E-state index contributed by atoms with van der Waals surface area (Å²) >= 11 is 0. The first-order valence-electron chi connectivity index (χ1n) is 8.90. The average molecular weight is 358 g/mol. The first-order valence-corrected chi connectivity index (χ1v) is 8.90. The monoisotopic (exact) mass is 358 g/mol. The third-order valence-corrected chi connectivity index (χ3v) is 4.46. The van der Waals surface area contributed by atoms with Gasteiger partial charge in [-0.2, -0.15) is 0 Å². The summed E-state index contributed by atoms with van der Waals surface area (Å²) in [7, 11) is 1.65. The van der Waals surface area contributed by atoms with Gasteiger partial charge in [0.25, 0.3) is 0 Å². The summed E-state index contributed by atoms with van der Waals surface area (Å²) < 4.78 is 12.5. The Labute approximate surface area is 153 Å². The molecular weight excluding hydrogens is 332 g/mol. The zero-order valence-corrected chi connectivity index (χ0v) is 15.8. The Balaban J connectivity index is 1.67. The van der Waals surface area contributed by atoms with E-state index in [1.165, 1.54) is 0 Å². The van der Waals surface area contributed by atoms with E-state index in [-0.39, 0.29) is 6.09 Å². The number of carbonyl (C=O) groups excluding carboxylic acids is 1. The van der Waals surface area contributed by atoms with Crippen molar-refractivity contribution in [2.45, 2.75) is 45.1 Å². The van der Waals surface area contributed by atoms with Gasteiger partial charge in [0.1, 0.15) is 11.4 Å². The number of ether oxygens (including phenoxy) is 2. The highest BCUT2D eigenvalue weighted by Crippen LogP contribution is 2.29. The number of nitrogens with zero attached hydrogens (tertiary/aromatic N) is 4. The first-order chi connectivity index (χ1) is 12.4. The van der Waals surface area contributed by atoms with Gasteiger partial charge in [0.2, 0.25) is 0 Å². The van der Waals surface area contributed by atoms with Crippen LogP contribution < -0.4 is 4.74 Å². The minimum Gasteiger partial charge on any atom is -0.497 e. The van der Waals surface area contributed by atoms with E-state index in [0.29, 0.717) is 19.0 Å². The Morgan fingerprint density at radius 1 is 1.15 bits per heavy atom. The van der Waals surface area contributed by atoms with Gasteiger partial charge in [-0.05, 0) is 57.9 Å². The first kappa shape index (κ1) is 18.2. The van der Waals surface area contributed by atoms with Gasteiger partial charge >= 0.3 is 6.09 Å². The number of amides is 1. The van der Waals surface area contributed by atoms with Gasteiger partial charge in [-0.25, -0.2) is 9.48 Å². The normalized spacial score (nSPS) is 15.8. The van der Waals surface area contributed by atoms with E-state index in [4.69, 9.17) is 9.47 Å². The molecule has 1 aliphatic rings. The molecule has 0 aliphatic carbocycles.